The number of aryl methyl sites for hydroxylation is 1. The maximum absolute atomic E-state index is 12.1. The average molecular weight is 418 g/mol. The zero-order valence-electron chi connectivity index (χ0n) is 18.7. The van der Waals surface area contributed by atoms with E-state index < -0.39 is 5.60 Å². The molecule has 1 aliphatic rings. The van der Waals surface area contributed by atoms with E-state index in [-0.39, 0.29) is 11.8 Å². The van der Waals surface area contributed by atoms with Crippen LogP contribution in [-0.4, -0.2) is 59.3 Å². The lowest BCUT2D eigenvalue weighted by Gasteiger charge is -2.33. The Morgan fingerprint density at radius 2 is 1.90 bits per heavy atom. The number of amides is 1. The van der Waals surface area contributed by atoms with Gasteiger partial charge in [-0.15, -0.1) is 0 Å². The van der Waals surface area contributed by atoms with Crippen LogP contribution in [0.15, 0.2) is 33.5 Å². The van der Waals surface area contributed by atoms with Crippen LogP contribution < -0.4 is 5.76 Å². The first-order chi connectivity index (χ1) is 14.2. The van der Waals surface area contributed by atoms with Gasteiger partial charge in [-0.05, 0) is 84.1 Å². The first kappa shape index (κ1) is 22.4. The molecule has 0 atom stereocenters. The summed E-state index contributed by atoms with van der Waals surface area (Å²) in [5.74, 6) is 0.371. The normalized spacial score (nSPS) is 16.1. The van der Waals surface area contributed by atoms with Crippen molar-refractivity contribution < 1.29 is 13.9 Å². The van der Waals surface area contributed by atoms with Gasteiger partial charge in [0.2, 0.25) is 0 Å². The molecular formula is C23H35N3O4. The van der Waals surface area contributed by atoms with Gasteiger partial charge in [0.15, 0.2) is 5.58 Å². The van der Waals surface area contributed by atoms with E-state index in [1.54, 1.807) is 9.47 Å². The molecule has 1 amide bonds. The second-order valence-electron chi connectivity index (χ2n) is 9.32. The van der Waals surface area contributed by atoms with Crippen LogP contribution in [0.1, 0.15) is 46.5 Å². The summed E-state index contributed by atoms with van der Waals surface area (Å²) in [6.07, 6.45) is 3.99. The van der Waals surface area contributed by atoms with E-state index in [1.807, 2.05) is 52.1 Å². The Morgan fingerprint density at radius 1 is 1.20 bits per heavy atom. The standard InChI is InChI=1S/C23H35N3O4/c1-23(2,3)30-21(27)24(4)15-10-18-11-16-25(17-12-18)13-7-14-26-19-8-5-6-9-20(19)29-22(26)28/h5-6,8-9,18H,7,10-17H2,1-4H3. The highest BCUT2D eigenvalue weighted by Crippen LogP contribution is 2.21. The van der Waals surface area contributed by atoms with Gasteiger partial charge in [0.25, 0.3) is 0 Å². The van der Waals surface area contributed by atoms with Gasteiger partial charge in [-0.25, -0.2) is 9.59 Å². The van der Waals surface area contributed by atoms with Crippen molar-refractivity contribution in [3.8, 4) is 0 Å². The Kier molecular flexibility index (Phi) is 7.23. The number of hydrogen-bond acceptors (Lipinski definition) is 5. The maximum atomic E-state index is 12.1. The minimum atomic E-state index is -0.454. The monoisotopic (exact) mass is 417 g/mol. The van der Waals surface area contributed by atoms with E-state index in [2.05, 4.69) is 4.90 Å². The van der Waals surface area contributed by atoms with Crippen LogP contribution in [0.2, 0.25) is 0 Å². The summed E-state index contributed by atoms with van der Waals surface area (Å²) < 4.78 is 12.4. The third-order valence-corrected chi connectivity index (χ3v) is 5.71. The molecule has 2 aromatic rings. The average Bonchev–Trinajstić information content (AvgIpc) is 3.01. The molecule has 1 fully saturated rings. The van der Waals surface area contributed by atoms with Crippen LogP contribution in [0.5, 0.6) is 0 Å². The number of para-hydroxylation sites is 2. The van der Waals surface area contributed by atoms with Gasteiger partial charge in [-0.2, -0.15) is 0 Å². The molecule has 1 saturated heterocycles. The smallest absolute Gasteiger partial charge is 0.419 e. The number of fused-ring (bicyclic) bond motifs is 1. The van der Waals surface area contributed by atoms with E-state index >= 15 is 0 Å². The van der Waals surface area contributed by atoms with E-state index in [1.165, 1.54) is 0 Å². The van der Waals surface area contributed by atoms with Gasteiger partial charge in [0.1, 0.15) is 5.60 Å². The maximum Gasteiger partial charge on any atom is 0.419 e. The third kappa shape index (κ3) is 6.11. The number of oxazole rings is 1. The molecule has 0 radical (unpaired) electrons. The molecule has 166 valence electrons. The number of nitrogens with zero attached hydrogens (tertiary/aromatic N) is 3. The van der Waals surface area contributed by atoms with Crippen LogP contribution in [0.3, 0.4) is 0 Å². The van der Waals surface area contributed by atoms with E-state index in [0.717, 1.165) is 57.4 Å². The zero-order chi connectivity index (χ0) is 21.7. The molecule has 0 N–H and O–H groups in total. The minimum Gasteiger partial charge on any atom is -0.444 e. The topological polar surface area (TPSA) is 67.9 Å². The molecule has 30 heavy (non-hydrogen) atoms. The molecule has 0 spiro atoms. The molecule has 0 unspecified atom stereocenters. The highest BCUT2D eigenvalue weighted by atomic mass is 16.6. The summed E-state index contributed by atoms with van der Waals surface area (Å²) in [6, 6.07) is 7.57. The van der Waals surface area contributed by atoms with Crippen LogP contribution in [-0.2, 0) is 11.3 Å². The van der Waals surface area contributed by atoms with Gasteiger partial charge in [0, 0.05) is 20.1 Å². The van der Waals surface area contributed by atoms with Gasteiger partial charge >= 0.3 is 11.8 Å². The van der Waals surface area contributed by atoms with Crippen molar-refractivity contribution in [2.45, 2.75) is 58.6 Å². The number of piperidine rings is 1. The molecule has 0 aliphatic carbocycles. The lowest BCUT2D eigenvalue weighted by molar-refractivity contribution is 0.0284. The lowest BCUT2D eigenvalue weighted by atomic mass is 9.93. The number of ether oxygens (including phenoxy) is 1. The quantitative estimate of drug-likeness (QED) is 0.682. The zero-order valence-corrected chi connectivity index (χ0v) is 18.7. The van der Waals surface area contributed by atoms with Crippen molar-refractivity contribution in [1.82, 2.24) is 14.4 Å². The second kappa shape index (κ2) is 9.69. The van der Waals surface area contributed by atoms with Crippen LogP contribution in [0.25, 0.3) is 11.1 Å². The number of hydrogen-bond donors (Lipinski definition) is 0. The molecule has 1 aromatic heterocycles. The summed E-state index contributed by atoms with van der Waals surface area (Å²) in [7, 11) is 1.81. The van der Waals surface area contributed by atoms with Gasteiger partial charge in [0.05, 0.1) is 5.52 Å². The number of benzene rings is 1. The van der Waals surface area contributed by atoms with Crippen LogP contribution in [0.4, 0.5) is 4.79 Å². The number of rotatable bonds is 7. The Bertz CT molecular complexity index is 888. The molecule has 7 nitrogen and oxygen atoms in total. The molecule has 0 saturated carbocycles. The summed E-state index contributed by atoms with van der Waals surface area (Å²) >= 11 is 0. The molecule has 1 aliphatic heterocycles. The van der Waals surface area contributed by atoms with E-state index in [9.17, 15) is 9.59 Å². The molecule has 2 heterocycles. The van der Waals surface area contributed by atoms with Crippen molar-refractivity contribution in [1.29, 1.82) is 0 Å². The Morgan fingerprint density at radius 3 is 2.60 bits per heavy atom. The Hall–Kier alpha value is -2.28. The fourth-order valence-electron chi connectivity index (χ4n) is 3.98. The number of aromatic nitrogens is 1. The number of carbonyl (C=O) groups is 1. The minimum absolute atomic E-state index is 0.248. The van der Waals surface area contributed by atoms with Crippen LogP contribution >= 0.6 is 0 Å². The van der Waals surface area contributed by atoms with E-state index in [4.69, 9.17) is 9.15 Å². The summed E-state index contributed by atoms with van der Waals surface area (Å²) in [6.45, 7) is 10.2. The van der Waals surface area contributed by atoms with E-state index in [0.29, 0.717) is 18.0 Å². The third-order valence-electron chi connectivity index (χ3n) is 5.71. The summed E-state index contributed by atoms with van der Waals surface area (Å²) in [5.41, 5.74) is 1.07. The Balaban J connectivity index is 1.36. The van der Waals surface area contributed by atoms with Crippen LogP contribution in [0, 0.1) is 5.92 Å². The highest BCUT2D eigenvalue weighted by molar-refractivity contribution is 5.72. The first-order valence-corrected chi connectivity index (χ1v) is 11.0. The molecule has 3 rings (SSSR count). The van der Waals surface area contributed by atoms with Crippen molar-refractivity contribution in [2.75, 3.05) is 33.2 Å². The Labute approximate surface area is 178 Å². The first-order valence-electron chi connectivity index (χ1n) is 11.0. The summed E-state index contributed by atoms with van der Waals surface area (Å²) in [4.78, 5) is 28.3. The van der Waals surface area contributed by atoms with Gasteiger partial charge in [-0.1, -0.05) is 12.1 Å². The molecule has 0 bridgehead atoms. The second-order valence-corrected chi connectivity index (χ2v) is 9.32. The van der Waals surface area contributed by atoms with Crippen molar-refractivity contribution >= 4 is 17.2 Å². The van der Waals surface area contributed by atoms with Gasteiger partial charge in [-0.3, -0.25) is 4.57 Å². The predicted octanol–water partition coefficient (Wildman–Crippen LogP) is 3.95. The van der Waals surface area contributed by atoms with Crippen molar-refractivity contribution in [3.63, 3.8) is 0 Å². The number of carbonyl (C=O) groups excluding carboxylic acids is 1. The highest BCUT2D eigenvalue weighted by Gasteiger charge is 2.22. The van der Waals surface area contributed by atoms with Crippen molar-refractivity contribution in [3.05, 3.63) is 34.8 Å². The molecule has 7 heteroatoms. The lowest BCUT2D eigenvalue weighted by Crippen LogP contribution is -2.38. The van der Waals surface area contributed by atoms with Crippen molar-refractivity contribution in [2.24, 2.45) is 5.92 Å². The molecular weight excluding hydrogens is 382 g/mol. The fraction of sp³-hybridized carbons (Fsp3) is 0.652. The largest absolute Gasteiger partial charge is 0.444 e. The summed E-state index contributed by atoms with van der Waals surface area (Å²) in [5, 5.41) is 0. The SMILES string of the molecule is CN(CCC1CCN(CCCn2c(=O)oc3ccccc32)CC1)C(=O)OC(C)(C)C. The number of likely N-dealkylation sites (tertiary alicyclic amines) is 1. The fourth-order valence-corrected chi connectivity index (χ4v) is 3.98. The predicted molar refractivity (Wildman–Crippen MR) is 118 cm³/mol. The molecule has 1 aromatic carbocycles. The van der Waals surface area contributed by atoms with Gasteiger partial charge < -0.3 is 19.0 Å².